The molecule has 176 valence electrons. The van der Waals surface area contributed by atoms with Crippen molar-refractivity contribution >= 4 is 11.8 Å². The highest BCUT2D eigenvalue weighted by molar-refractivity contribution is 5.98. The molecule has 0 aromatic heterocycles. The highest BCUT2D eigenvalue weighted by Gasteiger charge is 2.31. The maximum atomic E-state index is 13.5. The summed E-state index contributed by atoms with van der Waals surface area (Å²) in [6.07, 6.45) is 1.14. The van der Waals surface area contributed by atoms with Gasteiger partial charge in [-0.3, -0.25) is 9.59 Å². The van der Waals surface area contributed by atoms with E-state index < -0.39 is 6.04 Å². The molecule has 34 heavy (non-hydrogen) atoms. The fraction of sp³-hybridized carbons (Fsp3) is 0.259. The van der Waals surface area contributed by atoms with Gasteiger partial charge in [0.15, 0.2) is 0 Å². The molecule has 3 aromatic carbocycles. The van der Waals surface area contributed by atoms with Crippen LogP contribution in [0.1, 0.15) is 34.8 Å². The monoisotopic (exact) mass is 462 g/mol. The standard InChI is InChI=1S/C27H27FN2O4/c1-33-22-12-10-20(11-13-22)26(31)29-25(19-6-3-2-4-7-19)27(32)30-16-14-23(15-17-30)34-24-9-5-8-21(28)18-24/h2-13,18,23,25H,14-17H2,1H3,(H,29,31)/t25-/m1/s1. The third-order valence-electron chi connectivity index (χ3n) is 5.86. The highest BCUT2D eigenvalue weighted by atomic mass is 19.1. The van der Waals surface area contributed by atoms with E-state index in [2.05, 4.69) is 5.32 Å². The average molecular weight is 463 g/mol. The molecule has 0 bridgehead atoms. The van der Waals surface area contributed by atoms with Crippen molar-refractivity contribution in [1.29, 1.82) is 0 Å². The second kappa shape index (κ2) is 10.8. The lowest BCUT2D eigenvalue weighted by Gasteiger charge is -2.34. The first kappa shape index (κ1) is 23.3. The molecule has 0 spiro atoms. The number of nitrogens with one attached hydrogen (secondary N) is 1. The van der Waals surface area contributed by atoms with Crippen molar-refractivity contribution in [2.24, 2.45) is 0 Å². The Morgan fingerprint density at radius 1 is 0.941 bits per heavy atom. The summed E-state index contributed by atoms with van der Waals surface area (Å²) >= 11 is 0. The molecule has 0 aliphatic carbocycles. The quantitative estimate of drug-likeness (QED) is 0.566. The SMILES string of the molecule is COc1ccc(C(=O)N[C@@H](C(=O)N2CCC(Oc3cccc(F)c3)CC2)c2ccccc2)cc1. The summed E-state index contributed by atoms with van der Waals surface area (Å²) in [6.45, 7) is 0.973. The predicted molar refractivity (Wildman–Crippen MR) is 126 cm³/mol. The second-order valence-electron chi connectivity index (χ2n) is 8.15. The van der Waals surface area contributed by atoms with Gasteiger partial charge in [0.25, 0.3) is 5.91 Å². The van der Waals surface area contributed by atoms with Crippen LogP contribution in [-0.2, 0) is 4.79 Å². The van der Waals surface area contributed by atoms with Crippen molar-refractivity contribution in [2.75, 3.05) is 20.2 Å². The van der Waals surface area contributed by atoms with Crippen LogP contribution in [0.4, 0.5) is 4.39 Å². The van der Waals surface area contributed by atoms with E-state index in [9.17, 15) is 14.0 Å². The number of hydrogen-bond donors (Lipinski definition) is 1. The minimum atomic E-state index is -0.809. The Labute approximate surface area is 198 Å². The number of piperidine rings is 1. The third-order valence-corrected chi connectivity index (χ3v) is 5.86. The average Bonchev–Trinajstić information content (AvgIpc) is 2.88. The lowest BCUT2D eigenvalue weighted by molar-refractivity contribution is -0.135. The Hall–Kier alpha value is -3.87. The minimum Gasteiger partial charge on any atom is -0.497 e. The second-order valence-corrected chi connectivity index (χ2v) is 8.15. The summed E-state index contributed by atoms with van der Waals surface area (Å²) in [5.41, 5.74) is 1.16. The number of methoxy groups -OCH3 is 1. The number of carbonyl (C=O) groups excluding carboxylic acids is 2. The number of ether oxygens (including phenoxy) is 2. The zero-order chi connectivity index (χ0) is 23.9. The molecule has 1 aliphatic rings. The van der Waals surface area contributed by atoms with Crippen molar-refractivity contribution in [2.45, 2.75) is 25.0 Å². The van der Waals surface area contributed by atoms with Crippen molar-refractivity contribution in [3.8, 4) is 11.5 Å². The smallest absolute Gasteiger partial charge is 0.252 e. The molecule has 6 nitrogen and oxygen atoms in total. The fourth-order valence-corrected chi connectivity index (χ4v) is 4.00. The lowest BCUT2D eigenvalue weighted by atomic mass is 10.0. The van der Waals surface area contributed by atoms with E-state index in [1.807, 2.05) is 30.3 Å². The zero-order valence-corrected chi connectivity index (χ0v) is 18.9. The Balaban J connectivity index is 1.43. The molecule has 1 fully saturated rings. The van der Waals surface area contributed by atoms with Crippen LogP contribution in [0, 0.1) is 5.82 Å². The van der Waals surface area contributed by atoms with Gasteiger partial charge in [-0.25, -0.2) is 4.39 Å². The summed E-state index contributed by atoms with van der Waals surface area (Å²) in [5.74, 6) is 0.282. The first-order valence-electron chi connectivity index (χ1n) is 11.2. The molecule has 1 saturated heterocycles. The zero-order valence-electron chi connectivity index (χ0n) is 18.9. The van der Waals surface area contributed by atoms with Gasteiger partial charge in [0, 0.05) is 37.6 Å². The molecule has 0 saturated carbocycles. The summed E-state index contributed by atoms with van der Waals surface area (Å²) < 4.78 is 24.5. The van der Waals surface area contributed by atoms with Gasteiger partial charge in [0.2, 0.25) is 5.91 Å². The van der Waals surface area contributed by atoms with Gasteiger partial charge in [-0.05, 0) is 42.0 Å². The van der Waals surface area contributed by atoms with E-state index in [0.29, 0.717) is 48.6 Å². The van der Waals surface area contributed by atoms with E-state index in [0.717, 1.165) is 0 Å². The van der Waals surface area contributed by atoms with Crippen molar-refractivity contribution in [3.05, 3.63) is 95.8 Å². The summed E-state index contributed by atoms with van der Waals surface area (Å²) in [7, 11) is 1.56. The number of benzene rings is 3. The number of amides is 2. The Morgan fingerprint density at radius 2 is 1.65 bits per heavy atom. The number of rotatable bonds is 7. The molecule has 0 radical (unpaired) electrons. The predicted octanol–water partition coefficient (Wildman–Crippen LogP) is 4.38. The van der Waals surface area contributed by atoms with E-state index in [1.54, 1.807) is 48.4 Å². The van der Waals surface area contributed by atoms with Crippen molar-refractivity contribution < 1.29 is 23.5 Å². The van der Waals surface area contributed by atoms with E-state index in [1.165, 1.54) is 12.1 Å². The van der Waals surface area contributed by atoms with Crippen LogP contribution in [0.15, 0.2) is 78.9 Å². The minimum absolute atomic E-state index is 0.102. The largest absolute Gasteiger partial charge is 0.497 e. The number of nitrogens with zero attached hydrogens (tertiary/aromatic N) is 1. The highest BCUT2D eigenvalue weighted by Crippen LogP contribution is 2.23. The first-order chi connectivity index (χ1) is 16.5. The van der Waals surface area contributed by atoms with Crippen LogP contribution >= 0.6 is 0 Å². The Kier molecular flexibility index (Phi) is 7.42. The van der Waals surface area contributed by atoms with Crippen LogP contribution in [0.3, 0.4) is 0 Å². The summed E-state index contributed by atoms with van der Waals surface area (Å²) in [4.78, 5) is 28.1. The molecule has 3 aromatic rings. The maximum Gasteiger partial charge on any atom is 0.252 e. The van der Waals surface area contributed by atoms with E-state index >= 15 is 0 Å². The lowest BCUT2D eigenvalue weighted by Crippen LogP contribution is -2.47. The van der Waals surface area contributed by atoms with Gasteiger partial charge in [-0.15, -0.1) is 0 Å². The van der Waals surface area contributed by atoms with Crippen LogP contribution < -0.4 is 14.8 Å². The maximum absolute atomic E-state index is 13.5. The number of likely N-dealkylation sites (tertiary alicyclic amines) is 1. The first-order valence-corrected chi connectivity index (χ1v) is 11.2. The van der Waals surface area contributed by atoms with Gasteiger partial charge >= 0.3 is 0 Å². The van der Waals surface area contributed by atoms with Gasteiger partial charge in [-0.2, -0.15) is 0 Å². The molecular weight excluding hydrogens is 435 g/mol. The topological polar surface area (TPSA) is 67.9 Å². The Bertz CT molecular complexity index is 1110. The third kappa shape index (κ3) is 5.73. The summed E-state index contributed by atoms with van der Waals surface area (Å²) in [5, 5.41) is 2.90. The van der Waals surface area contributed by atoms with Gasteiger partial charge < -0.3 is 19.7 Å². The summed E-state index contributed by atoms with van der Waals surface area (Å²) in [6, 6.07) is 21.2. The molecule has 1 heterocycles. The van der Waals surface area contributed by atoms with Gasteiger partial charge in [0.05, 0.1) is 7.11 Å². The van der Waals surface area contributed by atoms with Crippen LogP contribution in [-0.4, -0.2) is 43.0 Å². The molecule has 0 unspecified atom stereocenters. The van der Waals surface area contributed by atoms with Crippen LogP contribution in [0.5, 0.6) is 11.5 Å². The van der Waals surface area contributed by atoms with Gasteiger partial charge in [-0.1, -0.05) is 36.4 Å². The number of carbonyl (C=O) groups is 2. The molecule has 1 N–H and O–H groups in total. The van der Waals surface area contributed by atoms with E-state index in [-0.39, 0.29) is 23.7 Å². The van der Waals surface area contributed by atoms with Crippen LogP contribution in [0.25, 0.3) is 0 Å². The number of halogens is 1. The Morgan fingerprint density at radius 3 is 2.29 bits per heavy atom. The number of hydrogen-bond acceptors (Lipinski definition) is 4. The molecule has 1 atom stereocenters. The van der Waals surface area contributed by atoms with Crippen molar-refractivity contribution in [1.82, 2.24) is 10.2 Å². The molecule has 2 amide bonds. The fourth-order valence-electron chi connectivity index (χ4n) is 4.00. The van der Waals surface area contributed by atoms with Crippen LogP contribution in [0.2, 0.25) is 0 Å². The molecule has 1 aliphatic heterocycles. The van der Waals surface area contributed by atoms with E-state index in [4.69, 9.17) is 9.47 Å². The molecule has 7 heteroatoms. The molecular formula is C27H27FN2O4. The van der Waals surface area contributed by atoms with Crippen molar-refractivity contribution in [3.63, 3.8) is 0 Å². The van der Waals surface area contributed by atoms with Gasteiger partial charge in [0.1, 0.15) is 29.5 Å². The normalized spacial score (nSPS) is 14.8. The molecule has 4 rings (SSSR count).